The standard InChI is InChI=1S/C27H34N6OS/c1-5-22-23(15-28)25(33-12-6-11-32(4)13-14-33)31-27(24(22)16-29)35-18-21-9-7-20(8-10-21)17-30-26(34)19(2)3/h7-10,19H,5-6,11-14,17-18H2,1-4H3,(H,30,34). The summed E-state index contributed by atoms with van der Waals surface area (Å²) < 4.78 is 0. The molecular weight excluding hydrogens is 456 g/mol. The molecule has 1 fully saturated rings. The van der Waals surface area contributed by atoms with Crippen LogP contribution in [-0.4, -0.2) is 49.0 Å². The number of hydrogen-bond donors (Lipinski definition) is 1. The Bertz CT molecular complexity index is 1120. The third-order valence-electron chi connectivity index (χ3n) is 6.23. The van der Waals surface area contributed by atoms with E-state index in [9.17, 15) is 15.3 Å². The number of amides is 1. The van der Waals surface area contributed by atoms with Crippen molar-refractivity contribution in [1.29, 1.82) is 10.5 Å². The molecule has 8 heteroatoms. The van der Waals surface area contributed by atoms with Gasteiger partial charge in [0.25, 0.3) is 0 Å². The average Bonchev–Trinajstić information content (AvgIpc) is 3.09. The molecule has 184 valence electrons. The molecule has 7 nitrogen and oxygen atoms in total. The molecule has 0 bridgehead atoms. The van der Waals surface area contributed by atoms with Gasteiger partial charge in [0.05, 0.1) is 11.1 Å². The minimum atomic E-state index is -0.0342. The third kappa shape index (κ3) is 6.75. The summed E-state index contributed by atoms with van der Waals surface area (Å²) in [5.41, 5.74) is 3.99. The molecule has 3 rings (SSSR count). The Labute approximate surface area is 213 Å². The van der Waals surface area contributed by atoms with Crippen LogP contribution in [0, 0.1) is 28.6 Å². The zero-order valence-corrected chi connectivity index (χ0v) is 21.9. The maximum Gasteiger partial charge on any atom is 0.222 e. The normalized spacial score (nSPS) is 14.3. The highest BCUT2D eigenvalue weighted by molar-refractivity contribution is 7.98. The van der Waals surface area contributed by atoms with Crippen molar-refractivity contribution in [1.82, 2.24) is 15.2 Å². The molecular formula is C27H34N6OS. The number of carbonyl (C=O) groups excluding carboxylic acids is 1. The van der Waals surface area contributed by atoms with E-state index < -0.39 is 0 Å². The fourth-order valence-corrected chi connectivity index (χ4v) is 5.03. The van der Waals surface area contributed by atoms with Crippen molar-refractivity contribution in [2.24, 2.45) is 5.92 Å². The van der Waals surface area contributed by atoms with E-state index in [0.717, 1.165) is 49.3 Å². The SMILES string of the molecule is CCc1c(C#N)c(SCc2ccc(CNC(=O)C(C)C)cc2)nc(N2CCCN(C)CC2)c1C#N. The van der Waals surface area contributed by atoms with E-state index >= 15 is 0 Å². The number of benzene rings is 1. The number of thioether (sulfide) groups is 1. The number of nitrogens with one attached hydrogen (secondary N) is 1. The van der Waals surface area contributed by atoms with Gasteiger partial charge in [-0.05, 0) is 43.1 Å². The van der Waals surface area contributed by atoms with E-state index in [2.05, 4.69) is 34.3 Å². The predicted octanol–water partition coefficient (Wildman–Crippen LogP) is 4.09. The van der Waals surface area contributed by atoms with Crippen LogP contribution in [0.3, 0.4) is 0 Å². The Morgan fingerprint density at radius 2 is 1.77 bits per heavy atom. The molecule has 1 aliphatic heterocycles. The molecule has 1 N–H and O–H groups in total. The highest BCUT2D eigenvalue weighted by Crippen LogP contribution is 2.33. The first-order chi connectivity index (χ1) is 16.9. The van der Waals surface area contributed by atoms with Gasteiger partial charge in [0, 0.05) is 37.8 Å². The van der Waals surface area contributed by atoms with E-state index in [1.807, 2.05) is 45.0 Å². The maximum atomic E-state index is 11.8. The first-order valence-electron chi connectivity index (χ1n) is 12.2. The van der Waals surface area contributed by atoms with Crippen molar-refractivity contribution in [3.05, 3.63) is 52.1 Å². The van der Waals surface area contributed by atoms with Crippen molar-refractivity contribution in [2.45, 2.75) is 50.9 Å². The minimum absolute atomic E-state index is 0.0342. The smallest absolute Gasteiger partial charge is 0.222 e. The van der Waals surface area contributed by atoms with Crippen molar-refractivity contribution in [2.75, 3.05) is 38.1 Å². The lowest BCUT2D eigenvalue weighted by atomic mass is 10.0. The van der Waals surface area contributed by atoms with Gasteiger partial charge in [0.2, 0.25) is 5.91 Å². The Balaban J connectivity index is 1.81. The fraction of sp³-hybridized carbons (Fsp3) is 0.481. The number of rotatable bonds is 8. The molecule has 0 aliphatic carbocycles. The molecule has 1 aliphatic rings. The third-order valence-corrected chi connectivity index (χ3v) is 7.28. The van der Waals surface area contributed by atoms with Gasteiger partial charge in [0.1, 0.15) is 23.0 Å². The molecule has 0 saturated carbocycles. The summed E-state index contributed by atoms with van der Waals surface area (Å²) in [6.07, 6.45) is 1.62. The topological polar surface area (TPSA) is 96.0 Å². The number of nitrogens with zero attached hydrogens (tertiary/aromatic N) is 5. The monoisotopic (exact) mass is 490 g/mol. The van der Waals surface area contributed by atoms with Gasteiger partial charge in [-0.1, -0.05) is 45.0 Å². The number of carbonyl (C=O) groups is 1. The summed E-state index contributed by atoms with van der Waals surface area (Å²) >= 11 is 1.54. The van der Waals surface area contributed by atoms with Crippen molar-refractivity contribution in [3.63, 3.8) is 0 Å². The van der Waals surface area contributed by atoms with Gasteiger partial charge in [-0.25, -0.2) is 4.98 Å². The molecule has 1 amide bonds. The van der Waals surface area contributed by atoms with Gasteiger partial charge in [-0.15, -0.1) is 11.8 Å². The van der Waals surface area contributed by atoms with Crippen LogP contribution >= 0.6 is 11.8 Å². The van der Waals surface area contributed by atoms with Gasteiger partial charge >= 0.3 is 0 Å². The quantitative estimate of drug-likeness (QED) is 0.557. The second kappa shape index (κ2) is 12.6. The Morgan fingerprint density at radius 3 is 2.40 bits per heavy atom. The van der Waals surface area contributed by atoms with Crippen LogP contribution in [0.4, 0.5) is 5.82 Å². The van der Waals surface area contributed by atoms with Gasteiger partial charge in [-0.3, -0.25) is 4.79 Å². The molecule has 35 heavy (non-hydrogen) atoms. The molecule has 0 atom stereocenters. The first-order valence-corrected chi connectivity index (χ1v) is 13.1. The van der Waals surface area contributed by atoms with E-state index in [1.165, 1.54) is 11.8 Å². The summed E-state index contributed by atoms with van der Waals surface area (Å²) in [6.45, 7) is 9.85. The summed E-state index contributed by atoms with van der Waals surface area (Å²) in [7, 11) is 2.11. The second-order valence-corrected chi connectivity index (χ2v) is 10.1. The maximum absolute atomic E-state index is 11.8. The predicted molar refractivity (Wildman–Crippen MR) is 140 cm³/mol. The fourth-order valence-electron chi connectivity index (χ4n) is 4.07. The van der Waals surface area contributed by atoms with Crippen LogP contribution in [0.15, 0.2) is 29.3 Å². The first kappa shape index (κ1) is 26.5. The molecule has 0 spiro atoms. The van der Waals surface area contributed by atoms with Crippen LogP contribution in [-0.2, 0) is 23.5 Å². The highest BCUT2D eigenvalue weighted by Gasteiger charge is 2.24. The van der Waals surface area contributed by atoms with Crippen molar-refractivity contribution < 1.29 is 4.79 Å². The number of likely N-dealkylation sites (N-methyl/N-ethyl adjacent to an activating group) is 1. The molecule has 1 aromatic carbocycles. The minimum Gasteiger partial charge on any atom is -0.354 e. The number of aromatic nitrogens is 1. The number of pyridine rings is 1. The second-order valence-electron chi connectivity index (χ2n) is 9.17. The highest BCUT2D eigenvalue weighted by atomic mass is 32.2. The summed E-state index contributed by atoms with van der Waals surface area (Å²) in [5, 5.41) is 23.5. The molecule has 1 aromatic heterocycles. The van der Waals surface area contributed by atoms with Crippen LogP contribution in [0.5, 0.6) is 0 Å². The number of anilines is 1. The van der Waals surface area contributed by atoms with Gasteiger partial charge in [-0.2, -0.15) is 10.5 Å². The van der Waals surface area contributed by atoms with Crippen molar-refractivity contribution >= 4 is 23.5 Å². The summed E-state index contributed by atoms with van der Waals surface area (Å²) in [6, 6.07) is 12.8. The van der Waals surface area contributed by atoms with E-state index in [4.69, 9.17) is 4.98 Å². The molecule has 1 saturated heterocycles. The van der Waals surface area contributed by atoms with Crippen LogP contribution in [0.2, 0.25) is 0 Å². The summed E-state index contributed by atoms with van der Waals surface area (Å²) in [5.74, 6) is 1.38. The number of nitriles is 2. The van der Waals surface area contributed by atoms with Gasteiger partial charge < -0.3 is 15.1 Å². The van der Waals surface area contributed by atoms with E-state index in [0.29, 0.717) is 40.7 Å². The van der Waals surface area contributed by atoms with Crippen LogP contribution < -0.4 is 10.2 Å². The Kier molecular flexibility index (Phi) is 9.54. The largest absolute Gasteiger partial charge is 0.354 e. The number of hydrogen-bond acceptors (Lipinski definition) is 7. The summed E-state index contributed by atoms with van der Waals surface area (Å²) in [4.78, 5) is 21.2. The lowest BCUT2D eigenvalue weighted by Gasteiger charge is -2.25. The zero-order valence-electron chi connectivity index (χ0n) is 21.1. The lowest BCUT2D eigenvalue weighted by Crippen LogP contribution is -2.30. The lowest BCUT2D eigenvalue weighted by molar-refractivity contribution is -0.124. The van der Waals surface area contributed by atoms with Crippen LogP contribution in [0.25, 0.3) is 0 Å². The molecule has 0 radical (unpaired) electrons. The van der Waals surface area contributed by atoms with E-state index in [1.54, 1.807) is 0 Å². The van der Waals surface area contributed by atoms with Crippen LogP contribution in [0.1, 0.15) is 55.0 Å². The zero-order chi connectivity index (χ0) is 25.4. The molecule has 0 unspecified atom stereocenters. The van der Waals surface area contributed by atoms with Crippen molar-refractivity contribution in [3.8, 4) is 12.1 Å². The van der Waals surface area contributed by atoms with Gasteiger partial charge in [0.15, 0.2) is 0 Å². The molecule has 2 aromatic rings. The van der Waals surface area contributed by atoms with E-state index in [-0.39, 0.29) is 11.8 Å². The molecule has 2 heterocycles. The average molecular weight is 491 g/mol. The Morgan fingerprint density at radius 1 is 1.09 bits per heavy atom. The Hall–Kier alpha value is -3.07.